The van der Waals surface area contributed by atoms with Crippen molar-refractivity contribution in [1.29, 1.82) is 0 Å². The first-order chi connectivity index (χ1) is 14.0. The minimum absolute atomic E-state index is 0. The van der Waals surface area contributed by atoms with Gasteiger partial charge in [-0.1, -0.05) is 56.3 Å². The minimum Gasteiger partial charge on any atom is -0.370 e. The summed E-state index contributed by atoms with van der Waals surface area (Å²) in [6.45, 7) is 5.46. The molecule has 3 N–H and O–H groups in total. The Hall–Kier alpha value is -2.61. The number of guanidine groups is 1. The van der Waals surface area contributed by atoms with Gasteiger partial charge in [0.05, 0.1) is 13.1 Å². The van der Waals surface area contributed by atoms with E-state index in [1.807, 2.05) is 42.5 Å². The summed E-state index contributed by atoms with van der Waals surface area (Å²) in [6.07, 6.45) is 2.92. The maximum Gasteiger partial charge on any atom is 0.250 e. The summed E-state index contributed by atoms with van der Waals surface area (Å²) in [5.74, 6) is 0.944. The van der Waals surface area contributed by atoms with Crippen LogP contribution in [0.5, 0.6) is 0 Å². The highest BCUT2D eigenvalue weighted by molar-refractivity contribution is 14.0. The van der Waals surface area contributed by atoms with Gasteiger partial charge in [0, 0.05) is 18.0 Å². The van der Waals surface area contributed by atoms with Gasteiger partial charge < -0.3 is 15.6 Å². The second-order valence-electron chi connectivity index (χ2n) is 7.24. The molecule has 0 aliphatic carbocycles. The van der Waals surface area contributed by atoms with Crippen molar-refractivity contribution in [3.05, 3.63) is 100.0 Å². The van der Waals surface area contributed by atoms with Crippen LogP contribution in [0, 0.1) is 0 Å². The van der Waals surface area contributed by atoms with E-state index < -0.39 is 0 Å². The Morgan fingerprint density at radius 2 is 1.70 bits per heavy atom. The molecule has 0 bridgehead atoms. The topological polar surface area (TPSA) is 72.4 Å². The van der Waals surface area contributed by atoms with Crippen molar-refractivity contribution in [3.8, 4) is 0 Å². The van der Waals surface area contributed by atoms with Gasteiger partial charge in [-0.25, -0.2) is 4.99 Å². The number of hydrogen-bond acceptors (Lipinski definition) is 2. The van der Waals surface area contributed by atoms with Crippen LogP contribution in [0.1, 0.15) is 42.9 Å². The Labute approximate surface area is 195 Å². The molecule has 158 valence electrons. The fraction of sp³-hybridized carbons (Fsp3) is 0.250. The van der Waals surface area contributed by atoms with Crippen LogP contribution >= 0.6 is 24.0 Å². The van der Waals surface area contributed by atoms with Gasteiger partial charge in [0.2, 0.25) is 0 Å². The zero-order valence-corrected chi connectivity index (χ0v) is 19.7. The molecule has 3 rings (SSSR count). The summed E-state index contributed by atoms with van der Waals surface area (Å²) in [6, 6.07) is 21.5. The molecule has 30 heavy (non-hydrogen) atoms. The smallest absolute Gasteiger partial charge is 0.250 e. The van der Waals surface area contributed by atoms with Gasteiger partial charge in [0.1, 0.15) is 0 Å². The van der Waals surface area contributed by atoms with E-state index in [2.05, 4.69) is 36.3 Å². The quantitative estimate of drug-likeness (QED) is 0.265. The zero-order valence-electron chi connectivity index (χ0n) is 17.4. The highest BCUT2D eigenvalue weighted by Crippen LogP contribution is 2.20. The fourth-order valence-electron chi connectivity index (χ4n) is 3.03. The Morgan fingerprint density at radius 1 is 1.03 bits per heavy atom. The predicted octanol–water partition coefficient (Wildman–Crippen LogP) is 4.95. The fourth-order valence-corrected chi connectivity index (χ4v) is 3.03. The number of rotatable bonds is 7. The lowest BCUT2D eigenvalue weighted by Crippen LogP contribution is -2.22. The minimum atomic E-state index is -0.00258. The molecule has 5 nitrogen and oxygen atoms in total. The Bertz CT molecular complexity index is 1010. The molecule has 1 aromatic heterocycles. The number of pyridine rings is 1. The summed E-state index contributed by atoms with van der Waals surface area (Å²) < 4.78 is 1.68. The van der Waals surface area contributed by atoms with Crippen LogP contribution < -0.4 is 16.6 Å². The Kier molecular flexibility index (Phi) is 9.11. The SMILES string of the molecule is CCC(C)c1ccc(NC(N)=NCc2ccc(Cn3ccccc3=O)cc2)cc1.I. The number of benzene rings is 2. The van der Waals surface area contributed by atoms with Crippen LogP contribution in [-0.4, -0.2) is 10.5 Å². The van der Waals surface area contributed by atoms with Crippen LogP contribution in [-0.2, 0) is 13.1 Å². The highest BCUT2D eigenvalue weighted by atomic mass is 127. The van der Waals surface area contributed by atoms with Crippen molar-refractivity contribution in [2.75, 3.05) is 5.32 Å². The first-order valence-electron chi connectivity index (χ1n) is 9.95. The average Bonchev–Trinajstić information content (AvgIpc) is 2.75. The van der Waals surface area contributed by atoms with E-state index in [1.54, 1.807) is 22.9 Å². The van der Waals surface area contributed by atoms with Gasteiger partial charge in [-0.05, 0) is 47.2 Å². The number of hydrogen-bond donors (Lipinski definition) is 2. The lowest BCUT2D eigenvalue weighted by atomic mass is 9.99. The summed E-state index contributed by atoms with van der Waals surface area (Å²) in [4.78, 5) is 16.2. The van der Waals surface area contributed by atoms with Gasteiger partial charge in [0.25, 0.3) is 5.56 Å². The van der Waals surface area contributed by atoms with Crippen LogP contribution in [0.25, 0.3) is 0 Å². The standard InChI is InChI=1S/C24H28N4O.HI/c1-3-18(2)21-11-13-22(14-12-21)27-24(25)26-16-19-7-9-20(10-8-19)17-28-15-5-4-6-23(28)29;/h4-15,18H,3,16-17H2,1-2H3,(H3,25,26,27);1H. The summed E-state index contributed by atoms with van der Waals surface area (Å²) >= 11 is 0. The van der Waals surface area contributed by atoms with E-state index in [4.69, 9.17) is 5.73 Å². The first kappa shape index (κ1) is 23.7. The van der Waals surface area contributed by atoms with E-state index >= 15 is 0 Å². The third kappa shape index (κ3) is 6.73. The van der Waals surface area contributed by atoms with Crippen molar-refractivity contribution in [2.24, 2.45) is 10.7 Å². The monoisotopic (exact) mass is 516 g/mol. The number of nitrogens with one attached hydrogen (secondary N) is 1. The molecule has 0 aliphatic rings. The summed E-state index contributed by atoms with van der Waals surface area (Å²) in [5, 5.41) is 3.14. The van der Waals surface area contributed by atoms with Gasteiger partial charge in [-0.15, -0.1) is 24.0 Å². The zero-order chi connectivity index (χ0) is 20.6. The lowest BCUT2D eigenvalue weighted by molar-refractivity contribution is 0.734. The van der Waals surface area contributed by atoms with E-state index in [0.29, 0.717) is 25.0 Å². The molecule has 1 heterocycles. The molecule has 1 unspecified atom stereocenters. The van der Waals surface area contributed by atoms with E-state index in [-0.39, 0.29) is 29.5 Å². The largest absolute Gasteiger partial charge is 0.370 e. The predicted molar refractivity (Wildman–Crippen MR) is 136 cm³/mol. The van der Waals surface area contributed by atoms with Crippen molar-refractivity contribution >= 4 is 35.6 Å². The maximum absolute atomic E-state index is 11.8. The number of aromatic nitrogens is 1. The number of nitrogens with zero attached hydrogens (tertiary/aromatic N) is 2. The van der Waals surface area contributed by atoms with Crippen LogP contribution in [0.15, 0.2) is 82.7 Å². The third-order valence-corrected chi connectivity index (χ3v) is 5.07. The molecule has 0 amide bonds. The number of halogens is 1. The van der Waals surface area contributed by atoms with Crippen LogP contribution in [0.2, 0.25) is 0 Å². The molecule has 0 saturated carbocycles. The Morgan fingerprint density at radius 3 is 2.33 bits per heavy atom. The molecule has 0 radical (unpaired) electrons. The summed E-state index contributed by atoms with van der Waals surface area (Å²) in [7, 11) is 0. The van der Waals surface area contributed by atoms with E-state index in [0.717, 1.165) is 23.2 Å². The second-order valence-corrected chi connectivity index (χ2v) is 7.24. The van der Waals surface area contributed by atoms with Gasteiger partial charge >= 0.3 is 0 Å². The molecule has 2 aromatic carbocycles. The second kappa shape index (κ2) is 11.5. The molecule has 3 aromatic rings. The van der Waals surface area contributed by atoms with Crippen LogP contribution in [0.3, 0.4) is 0 Å². The molecular formula is C24H29IN4O. The van der Waals surface area contributed by atoms with Crippen molar-refractivity contribution in [3.63, 3.8) is 0 Å². The summed E-state index contributed by atoms with van der Waals surface area (Å²) in [5.41, 5.74) is 10.4. The lowest BCUT2D eigenvalue weighted by Gasteiger charge is -2.11. The van der Waals surface area contributed by atoms with Gasteiger partial charge in [-0.3, -0.25) is 4.79 Å². The van der Waals surface area contributed by atoms with E-state index in [9.17, 15) is 4.79 Å². The van der Waals surface area contributed by atoms with E-state index in [1.165, 1.54) is 5.56 Å². The highest BCUT2D eigenvalue weighted by Gasteiger charge is 2.03. The van der Waals surface area contributed by atoms with Crippen LogP contribution in [0.4, 0.5) is 5.69 Å². The number of nitrogens with two attached hydrogens (primary N) is 1. The molecule has 6 heteroatoms. The van der Waals surface area contributed by atoms with Crippen molar-refractivity contribution in [2.45, 2.75) is 39.3 Å². The molecule has 1 atom stereocenters. The third-order valence-electron chi connectivity index (χ3n) is 5.07. The van der Waals surface area contributed by atoms with Crippen molar-refractivity contribution in [1.82, 2.24) is 4.57 Å². The molecule has 0 aliphatic heterocycles. The number of anilines is 1. The average molecular weight is 516 g/mol. The normalized spacial score (nSPS) is 12.1. The van der Waals surface area contributed by atoms with Gasteiger partial charge in [-0.2, -0.15) is 0 Å². The van der Waals surface area contributed by atoms with Crippen molar-refractivity contribution < 1.29 is 0 Å². The molecular weight excluding hydrogens is 487 g/mol. The van der Waals surface area contributed by atoms with Gasteiger partial charge in [0.15, 0.2) is 5.96 Å². The first-order valence-corrected chi connectivity index (χ1v) is 9.95. The maximum atomic E-state index is 11.8. The molecule has 0 saturated heterocycles. The Balaban J connectivity index is 0.00000320. The molecule has 0 spiro atoms. The molecule has 0 fully saturated rings. The number of aliphatic imine (C=N–C) groups is 1.